The summed E-state index contributed by atoms with van der Waals surface area (Å²) < 4.78 is 0. The highest BCUT2D eigenvalue weighted by molar-refractivity contribution is 5.30. The Morgan fingerprint density at radius 3 is 2.31 bits per heavy atom. The van der Waals surface area contributed by atoms with Crippen LogP contribution in [0, 0.1) is 0 Å². The van der Waals surface area contributed by atoms with Gasteiger partial charge in [0.2, 0.25) is 0 Å². The first kappa shape index (κ1) is 8.76. The quantitative estimate of drug-likeness (QED) is 0.682. The molecular formula is C12H17N. The van der Waals surface area contributed by atoms with E-state index in [2.05, 4.69) is 36.1 Å². The average molecular weight is 175 g/mol. The van der Waals surface area contributed by atoms with Gasteiger partial charge in [-0.05, 0) is 24.1 Å². The Balaban J connectivity index is 1.97. The van der Waals surface area contributed by atoms with E-state index in [0.717, 1.165) is 13.1 Å². The van der Waals surface area contributed by atoms with Gasteiger partial charge < -0.3 is 0 Å². The van der Waals surface area contributed by atoms with Crippen LogP contribution in [0.25, 0.3) is 0 Å². The second kappa shape index (κ2) is 3.93. The second-order valence-electron chi connectivity index (χ2n) is 3.83. The average Bonchev–Trinajstić information content (AvgIpc) is 2.57. The van der Waals surface area contributed by atoms with Crippen LogP contribution in [0.1, 0.15) is 30.9 Å². The largest absolute Gasteiger partial charge is 0.295 e. The monoisotopic (exact) mass is 175 g/mol. The molecule has 2 rings (SSSR count). The third-order valence-corrected chi connectivity index (χ3v) is 2.73. The number of fused-ring (bicyclic) bond motifs is 1. The molecular weight excluding hydrogens is 158 g/mol. The van der Waals surface area contributed by atoms with Crippen LogP contribution in [-0.4, -0.2) is 11.4 Å². The van der Waals surface area contributed by atoms with E-state index in [-0.39, 0.29) is 0 Å². The van der Waals surface area contributed by atoms with Crippen molar-refractivity contribution in [1.82, 2.24) is 4.90 Å². The molecule has 0 bridgehead atoms. The molecule has 0 saturated heterocycles. The van der Waals surface area contributed by atoms with Crippen molar-refractivity contribution < 1.29 is 0 Å². The zero-order chi connectivity index (χ0) is 9.10. The van der Waals surface area contributed by atoms with Crippen molar-refractivity contribution in [3.05, 3.63) is 35.4 Å². The van der Waals surface area contributed by atoms with Gasteiger partial charge in [0.05, 0.1) is 0 Å². The van der Waals surface area contributed by atoms with E-state index < -0.39 is 0 Å². The van der Waals surface area contributed by atoms with Crippen molar-refractivity contribution in [3.8, 4) is 0 Å². The molecule has 0 unspecified atom stereocenters. The Bertz CT molecular complexity index is 255. The molecule has 0 aliphatic carbocycles. The maximum Gasteiger partial charge on any atom is 0.0240 e. The Hall–Kier alpha value is -0.820. The molecule has 0 atom stereocenters. The van der Waals surface area contributed by atoms with Gasteiger partial charge in [-0.1, -0.05) is 37.6 Å². The van der Waals surface area contributed by atoms with Gasteiger partial charge >= 0.3 is 0 Å². The molecule has 1 aliphatic rings. The summed E-state index contributed by atoms with van der Waals surface area (Å²) >= 11 is 0. The summed E-state index contributed by atoms with van der Waals surface area (Å²) in [6.45, 7) is 5.83. The number of benzene rings is 1. The van der Waals surface area contributed by atoms with Gasteiger partial charge in [-0.2, -0.15) is 0 Å². The first-order chi connectivity index (χ1) is 6.40. The molecule has 1 aliphatic heterocycles. The minimum Gasteiger partial charge on any atom is -0.295 e. The minimum absolute atomic E-state index is 1.16. The molecule has 1 heterocycles. The lowest BCUT2D eigenvalue weighted by molar-refractivity contribution is 0.279. The Morgan fingerprint density at radius 1 is 1.15 bits per heavy atom. The highest BCUT2D eigenvalue weighted by Crippen LogP contribution is 2.21. The first-order valence-corrected chi connectivity index (χ1v) is 5.19. The van der Waals surface area contributed by atoms with E-state index in [1.54, 1.807) is 0 Å². The molecule has 1 aromatic carbocycles. The van der Waals surface area contributed by atoms with Crippen molar-refractivity contribution in [2.45, 2.75) is 32.9 Å². The normalized spacial score (nSPS) is 16.1. The Morgan fingerprint density at radius 2 is 1.77 bits per heavy atom. The third kappa shape index (κ3) is 1.92. The highest BCUT2D eigenvalue weighted by Gasteiger charge is 2.16. The number of unbranched alkanes of at least 4 members (excludes halogenated alkanes) is 1. The summed E-state index contributed by atoms with van der Waals surface area (Å²) in [5, 5.41) is 0. The maximum absolute atomic E-state index is 2.54. The van der Waals surface area contributed by atoms with Crippen LogP contribution >= 0.6 is 0 Å². The summed E-state index contributed by atoms with van der Waals surface area (Å²) in [7, 11) is 0. The van der Waals surface area contributed by atoms with Crippen molar-refractivity contribution >= 4 is 0 Å². The van der Waals surface area contributed by atoms with Crippen molar-refractivity contribution in [2.75, 3.05) is 6.54 Å². The van der Waals surface area contributed by atoms with E-state index in [1.165, 1.54) is 30.5 Å². The van der Waals surface area contributed by atoms with E-state index in [0.29, 0.717) is 0 Å². The molecule has 1 heteroatoms. The van der Waals surface area contributed by atoms with Crippen LogP contribution in [-0.2, 0) is 13.1 Å². The molecule has 0 saturated carbocycles. The van der Waals surface area contributed by atoms with Gasteiger partial charge in [0.1, 0.15) is 0 Å². The predicted octanol–water partition coefficient (Wildman–Crippen LogP) is 2.80. The van der Waals surface area contributed by atoms with Crippen LogP contribution < -0.4 is 0 Å². The lowest BCUT2D eigenvalue weighted by Crippen LogP contribution is -2.17. The molecule has 0 fully saturated rings. The summed E-state index contributed by atoms with van der Waals surface area (Å²) in [6.07, 6.45) is 2.63. The van der Waals surface area contributed by atoms with Crippen LogP contribution in [0.4, 0.5) is 0 Å². The summed E-state index contributed by atoms with van der Waals surface area (Å²) in [5.41, 5.74) is 3.05. The fraction of sp³-hybridized carbons (Fsp3) is 0.500. The minimum atomic E-state index is 1.16. The third-order valence-electron chi connectivity index (χ3n) is 2.73. The van der Waals surface area contributed by atoms with Gasteiger partial charge in [0, 0.05) is 13.1 Å². The maximum atomic E-state index is 2.54. The zero-order valence-corrected chi connectivity index (χ0v) is 8.29. The van der Waals surface area contributed by atoms with E-state index in [4.69, 9.17) is 0 Å². The second-order valence-corrected chi connectivity index (χ2v) is 3.83. The molecule has 0 aromatic heterocycles. The zero-order valence-electron chi connectivity index (χ0n) is 8.29. The van der Waals surface area contributed by atoms with Gasteiger partial charge in [-0.3, -0.25) is 4.90 Å². The van der Waals surface area contributed by atoms with Crippen LogP contribution in [0.2, 0.25) is 0 Å². The number of nitrogens with zero attached hydrogens (tertiary/aromatic N) is 1. The summed E-state index contributed by atoms with van der Waals surface area (Å²) in [4.78, 5) is 2.54. The van der Waals surface area contributed by atoms with Gasteiger partial charge in [-0.25, -0.2) is 0 Å². The molecule has 0 amide bonds. The van der Waals surface area contributed by atoms with Gasteiger partial charge in [0.25, 0.3) is 0 Å². The van der Waals surface area contributed by atoms with Crippen LogP contribution in [0.5, 0.6) is 0 Å². The van der Waals surface area contributed by atoms with Gasteiger partial charge in [-0.15, -0.1) is 0 Å². The fourth-order valence-electron chi connectivity index (χ4n) is 1.94. The van der Waals surface area contributed by atoms with Crippen LogP contribution in [0.15, 0.2) is 24.3 Å². The smallest absolute Gasteiger partial charge is 0.0240 e. The lowest BCUT2D eigenvalue weighted by atomic mass is 10.1. The molecule has 13 heavy (non-hydrogen) atoms. The Kier molecular flexibility index (Phi) is 2.65. The summed E-state index contributed by atoms with van der Waals surface area (Å²) in [5.74, 6) is 0. The molecule has 0 N–H and O–H groups in total. The topological polar surface area (TPSA) is 3.24 Å². The van der Waals surface area contributed by atoms with E-state index in [1.807, 2.05) is 0 Å². The Labute approximate surface area is 80.4 Å². The molecule has 1 nitrogen and oxygen atoms in total. The standard InChI is InChI=1S/C12H17N/c1-2-3-8-13-9-11-6-4-5-7-12(11)10-13/h4-7H,2-3,8-10H2,1H3. The van der Waals surface area contributed by atoms with E-state index >= 15 is 0 Å². The number of hydrogen-bond acceptors (Lipinski definition) is 1. The van der Waals surface area contributed by atoms with Crippen molar-refractivity contribution in [3.63, 3.8) is 0 Å². The van der Waals surface area contributed by atoms with Gasteiger partial charge in [0.15, 0.2) is 0 Å². The molecule has 1 aromatic rings. The molecule has 0 spiro atoms. The van der Waals surface area contributed by atoms with E-state index in [9.17, 15) is 0 Å². The number of rotatable bonds is 3. The van der Waals surface area contributed by atoms with Crippen molar-refractivity contribution in [1.29, 1.82) is 0 Å². The lowest BCUT2D eigenvalue weighted by Gasteiger charge is -2.13. The molecule has 70 valence electrons. The summed E-state index contributed by atoms with van der Waals surface area (Å²) in [6, 6.07) is 8.78. The fourth-order valence-corrected chi connectivity index (χ4v) is 1.94. The number of hydrogen-bond donors (Lipinski definition) is 0. The molecule has 0 radical (unpaired) electrons. The highest BCUT2D eigenvalue weighted by atomic mass is 15.1. The van der Waals surface area contributed by atoms with Crippen molar-refractivity contribution in [2.24, 2.45) is 0 Å². The van der Waals surface area contributed by atoms with Crippen LogP contribution in [0.3, 0.4) is 0 Å². The predicted molar refractivity (Wildman–Crippen MR) is 55.5 cm³/mol. The SMILES string of the molecule is CCCCN1Cc2ccccc2C1. The first-order valence-electron chi connectivity index (χ1n) is 5.19.